The number of amides is 3. The van der Waals surface area contributed by atoms with Gasteiger partial charge in [-0.3, -0.25) is 4.79 Å². The van der Waals surface area contributed by atoms with Gasteiger partial charge in [-0.15, -0.1) is 11.3 Å². The molecule has 0 aliphatic carbocycles. The van der Waals surface area contributed by atoms with Gasteiger partial charge in [-0.05, 0) is 48.6 Å². The number of rotatable bonds is 6. The van der Waals surface area contributed by atoms with Crippen LogP contribution in [0.3, 0.4) is 0 Å². The van der Waals surface area contributed by atoms with E-state index in [0.29, 0.717) is 36.8 Å². The smallest absolute Gasteiger partial charge is 0.317 e. The molecule has 3 aromatic rings. The molecule has 0 spiro atoms. The average Bonchev–Trinajstić information content (AvgIpc) is 3.33. The fourth-order valence-corrected chi connectivity index (χ4v) is 4.22. The lowest BCUT2D eigenvalue weighted by Crippen LogP contribution is -2.47. The molecule has 0 saturated carbocycles. The van der Waals surface area contributed by atoms with Crippen molar-refractivity contribution in [1.29, 1.82) is 0 Å². The number of carbonyl (C=O) groups is 2. The third-order valence-corrected chi connectivity index (χ3v) is 6.07. The number of carbonyl (C=O) groups excluding carboxylic acids is 2. The second-order valence-electron chi connectivity index (χ2n) is 7.42. The first-order chi connectivity index (χ1) is 15.2. The van der Waals surface area contributed by atoms with Crippen molar-refractivity contribution in [2.75, 3.05) is 18.4 Å². The first-order valence-corrected chi connectivity index (χ1v) is 11.2. The Bertz CT molecular complexity index is 1010. The Kier molecular flexibility index (Phi) is 6.84. The van der Waals surface area contributed by atoms with E-state index in [-0.39, 0.29) is 17.9 Å². The summed E-state index contributed by atoms with van der Waals surface area (Å²) in [6.45, 7) is 1.58. The van der Waals surface area contributed by atoms with Gasteiger partial charge in [-0.25, -0.2) is 4.79 Å². The number of nitrogens with one attached hydrogen (secondary N) is 2. The van der Waals surface area contributed by atoms with Gasteiger partial charge in [0.05, 0.1) is 18.2 Å². The van der Waals surface area contributed by atoms with Crippen LogP contribution in [0.1, 0.15) is 17.7 Å². The summed E-state index contributed by atoms with van der Waals surface area (Å²) in [5, 5.41) is 7.93. The summed E-state index contributed by atoms with van der Waals surface area (Å²) in [6, 6.07) is 20.7. The van der Waals surface area contributed by atoms with E-state index < -0.39 is 0 Å². The standard InChI is InChI=1S/C24H25N3O3S/c28-23(26-21-12-4-5-13-22(21)30-19-9-2-1-3-10-19)18-8-6-14-27(17-18)24(29)25-16-20-11-7-15-31-20/h1-5,7,9-13,15,18H,6,8,14,16-17H2,(H,25,29)(H,26,28). The highest BCUT2D eigenvalue weighted by molar-refractivity contribution is 7.09. The van der Waals surface area contributed by atoms with Gasteiger partial charge in [-0.2, -0.15) is 0 Å². The molecular weight excluding hydrogens is 410 g/mol. The Morgan fingerprint density at radius 1 is 1.03 bits per heavy atom. The van der Waals surface area contributed by atoms with Crippen molar-refractivity contribution in [1.82, 2.24) is 10.2 Å². The van der Waals surface area contributed by atoms with Crippen LogP contribution in [0.4, 0.5) is 10.5 Å². The minimum absolute atomic E-state index is 0.0973. The Morgan fingerprint density at radius 3 is 2.65 bits per heavy atom. The fraction of sp³-hybridized carbons (Fsp3) is 0.250. The minimum atomic E-state index is -0.258. The predicted molar refractivity (Wildman–Crippen MR) is 122 cm³/mol. The minimum Gasteiger partial charge on any atom is -0.455 e. The highest BCUT2D eigenvalue weighted by atomic mass is 32.1. The van der Waals surface area contributed by atoms with Crippen molar-refractivity contribution in [3.8, 4) is 11.5 Å². The zero-order valence-corrected chi connectivity index (χ0v) is 17.9. The molecule has 0 radical (unpaired) electrons. The molecule has 0 bridgehead atoms. The number of likely N-dealkylation sites (tertiary alicyclic amines) is 1. The normalized spacial score (nSPS) is 15.9. The number of thiophene rings is 1. The quantitative estimate of drug-likeness (QED) is 0.566. The number of urea groups is 1. The number of ether oxygens (including phenoxy) is 1. The molecule has 2 N–H and O–H groups in total. The van der Waals surface area contributed by atoms with E-state index in [0.717, 1.165) is 17.7 Å². The second-order valence-corrected chi connectivity index (χ2v) is 8.46. The van der Waals surface area contributed by atoms with Gasteiger partial charge in [-0.1, -0.05) is 36.4 Å². The highest BCUT2D eigenvalue weighted by Crippen LogP contribution is 2.30. The third kappa shape index (κ3) is 5.64. The molecule has 1 saturated heterocycles. The van der Waals surface area contributed by atoms with Gasteiger partial charge in [0.25, 0.3) is 0 Å². The molecule has 1 aromatic heterocycles. The van der Waals surface area contributed by atoms with E-state index in [1.165, 1.54) is 0 Å². The Balaban J connectivity index is 1.36. The van der Waals surface area contributed by atoms with Gasteiger partial charge in [0, 0.05) is 18.0 Å². The molecule has 1 unspecified atom stereocenters. The lowest BCUT2D eigenvalue weighted by Gasteiger charge is -2.32. The zero-order chi connectivity index (χ0) is 21.5. The SMILES string of the molecule is O=C(Nc1ccccc1Oc1ccccc1)C1CCCN(C(=O)NCc2cccs2)C1. The molecule has 1 aliphatic rings. The Hall–Kier alpha value is -3.32. The zero-order valence-electron chi connectivity index (χ0n) is 17.1. The molecule has 31 heavy (non-hydrogen) atoms. The average molecular weight is 436 g/mol. The van der Waals surface area contributed by atoms with Gasteiger partial charge < -0.3 is 20.3 Å². The molecule has 7 heteroatoms. The monoisotopic (exact) mass is 435 g/mol. The van der Waals surface area contributed by atoms with E-state index in [9.17, 15) is 9.59 Å². The van der Waals surface area contributed by atoms with Crippen LogP contribution >= 0.6 is 11.3 Å². The first-order valence-electron chi connectivity index (χ1n) is 10.4. The molecule has 160 valence electrons. The number of piperidine rings is 1. The summed E-state index contributed by atoms with van der Waals surface area (Å²) in [6.07, 6.45) is 1.55. The number of hydrogen-bond donors (Lipinski definition) is 2. The van der Waals surface area contributed by atoms with Crippen molar-refractivity contribution >= 4 is 29.0 Å². The van der Waals surface area contributed by atoms with E-state index >= 15 is 0 Å². The lowest BCUT2D eigenvalue weighted by molar-refractivity contribution is -0.121. The van der Waals surface area contributed by atoms with Gasteiger partial charge in [0.15, 0.2) is 5.75 Å². The first kappa shape index (κ1) is 20.9. The maximum Gasteiger partial charge on any atom is 0.317 e. The van der Waals surface area contributed by atoms with Crippen LogP contribution in [-0.2, 0) is 11.3 Å². The molecule has 4 rings (SSSR count). The van der Waals surface area contributed by atoms with Crippen molar-refractivity contribution in [2.24, 2.45) is 5.92 Å². The maximum atomic E-state index is 13.0. The number of benzene rings is 2. The molecule has 1 fully saturated rings. The van der Waals surface area contributed by atoms with Gasteiger partial charge in [0.1, 0.15) is 5.75 Å². The highest BCUT2D eigenvalue weighted by Gasteiger charge is 2.29. The molecule has 1 aliphatic heterocycles. The summed E-state index contributed by atoms with van der Waals surface area (Å²) < 4.78 is 5.94. The number of para-hydroxylation sites is 3. The van der Waals surface area contributed by atoms with Crippen LogP contribution in [0.2, 0.25) is 0 Å². The topological polar surface area (TPSA) is 70.7 Å². The fourth-order valence-electron chi connectivity index (χ4n) is 3.57. The van der Waals surface area contributed by atoms with Crippen LogP contribution in [0.15, 0.2) is 72.1 Å². The maximum absolute atomic E-state index is 13.0. The molecule has 2 heterocycles. The molecule has 2 aromatic carbocycles. The van der Waals surface area contributed by atoms with E-state index in [2.05, 4.69) is 10.6 Å². The summed E-state index contributed by atoms with van der Waals surface area (Å²) in [5.74, 6) is 0.935. The Labute approximate surface area is 185 Å². The third-order valence-electron chi connectivity index (χ3n) is 5.19. The van der Waals surface area contributed by atoms with Crippen LogP contribution in [0.5, 0.6) is 11.5 Å². The van der Waals surface area contributed by atoms with Crippen molar-refractivity contribution in [3.05, 3.63) is 77.0 Å². The Morgan fingerprint density at radius 2 is 1.84 bits per heavy atom. The van der Waals surface area contributed by atoms with Gasteiger partial charge in [0.2, 0.25) is 5.91 Å². The van der Waals surface area contributed by atoms with Crippen LogP contribution in [0.25, 0.3) is 0 Å². The predicted octanol–water partition coefficient (Wildman–Crippen LogP) is 5.10. The lowest BCUT2D eigenvalue weighted by atomic mass is 9.97. The van der Waals surface area contributed by atoms with Crippen molar-refractivity contribution < 1.29 is 14.3 Å². The summed E-state index contributed by atoms with van der Waals surface area (Å²) in [7, 11) is 0. The number of nitrogens with zero attached hydrogens (tertiary/aromatic N) is 1. The molecule has 1 atom stereocenters. The largest absolute Gasteiger partial charge is 0.455 e. The molecule has 6 nitrogen and oxygen atoms in total. The summed E-state index contributed by atoms with van der Waals surface area (Å²) in [4.78, 5) is 28.3. The van der Waals surface area contributed by atoms with E-state index in [4.69, 9.17) is 4.74 Å². The summed E-state index contributed by atoms with van der Waals surface area (Å²) in [5.41, 5.74) is 0.621. The number of hydrogen-bond acceptors (Lipinski definition) is 4. The number of anilines is 1. The van der Waals surface area contributed by atoms with Crippen LogP contribution in [0, 0.1) is 5.92 Å². The second kappa shape index (κ2) is 10.1. The summed E-state index contributed by atoms with van der Waals surface area (Å²) >= 11 is 1.61. The van der Waals surface area contributed by atoms with Crippen molar-refractivity contribution in [2.45, 2.75) is 19.4 Å². The van der Waals surface area contributed by atoms with E-state index in [1.807, 2.05) is 72.1 Å². The van der Waals surface area contributed by atoms with Crippen LogP contribution in [-0.4, -0.2) is 29.9 Å². The molecular formula is C24H25N3O3S. The van der Waals surface area contributed by atoms with Crippen molar-refractivity contribution in [3.63, 3.8) is 0 Å². The molecule has 3 amide bonds. The van der Waals surface area contributed by atoms with Crippen LogP contribution < -0.4 is 15.4 Å². The van der Waals surface area contributed by atoms with E-state index in [1.54, 1.807) is 16.2 Å². The van der Waals surface area contributed by atoms with Gasteiger partial charge >= 0.3 is 6.03 Å².